The van der Waals surface area contributed by atoms with Gasteiger partial charge in [-0.3, -0.25) is 4.98 Å². The lowest BCUT2D eigenvalue weighted by atomic mass is 10.2. The number of nitrogens with zero attached hydrogens (tertiary/aromatic N) is 1. The number of nitrogens with one attached hydrogen (secondary N) is 1. The Balaban J connectivity index is 1.69. The molecule has 0 spiro atoms. The Morgan fingerprint density at radius 2 is 2.38 bits per heavy atom. The Labute approximate surface area is 105 Å². The molecule has 2 rings (SSSR count). The molecule has 16 heavy (non-hydrogen) atoms. The highest BCUT2D eigenvalue weighted by atomic mass is 79.9. The molecule has 1 aliphatic carbocycles. The molecule has 1 fully saturated rings. The summed E-state index contributed by atoms with van der Waals surface area (Å²) in [6.45, 7) is 3.96. The van der Waals surface area contributed by atoms with Crippen LogP contribution in [0.1, 0.15) is 19.8 Å². The summed E-state index contributed by atoms with van der Waals surface area (Å²) in [5.74, 6) is 1.35. The monoisotopic (exact) mass is 284 g/mol. The summed E-state index contributed by atoms with van der Waals surface area (Å²) in [6, 6.07) is 2.71. The Bertz CT molecular complexity index is 342. The van der Waals surface area contributed by atoms with Gasteiger partial charge < -0.3 is 10.1 Å². The fourth-order valence-corrected chi connectivity index (χ4v) is 1.77. The van der Waals surface area contributed by atoms with Gasteiger partial charge in [-0.1, -0.05) is 6.92 Å². The van der Waals surface area contributed by atoms with E-state index < -0.39 is 0 Å². The van der Waals surface area contributed by atoms with Crippen molar-refractivity contribution in [3.05, 3.63) is 22.9 Å². The molecule has 1 aliphatic rings. The zero-order valence-corrected chi connectivity index (χ0v) is 11.0. The average molecular weight is 285 g/mol. The molecule has 0 saturated heterocycles. The molecule has 4 heteroatoms. The van der Waals surface area contributed by atoms with E-state index in [1.54, 1.807) is 12.4 Å². The van der Waals surface area contributed by atoms with Crippen LogP contribution in [0.15, 0.2) is 22.9 Å². The molecule has 3 nitrogen and oxygen atoms in total. The van der Waals surface area contributed by atoms with Gasteiger partial charge in [-0.25, -0.2) is 0 Å². The lowest BCUT2D eigenvalue weighted by Gasteiger charge is -2.13. The van der Waals surface area contributed by atoms with Crippen molar-refractivity contribution in [1.29, 1.82) is 0 Å². The quantitative estimate of drug-likeness (QED) is 0.872. The van der Waals surface area contributed by atoms with Crippen molar-refractivity contribution in [2.45, 2.75) is 25.8 Å². The van der Waals surface area contributed by atoms with Gasteiger partial charge in [0.05, 0.1) is 12.8 Å². The summed E-state index contributed by atoms with van der Waals surface area (Å²) in [5.41, 5.74) is 0. The molecule has 1 N–H and O–H groups in total. The first-order chi connectivity index (χ1) is 7.74. The number of pyridine rings is 1. The van der Waals surface area contributed by atoms with Crippen LogP contribution < -0.4 is 10.1 Å². The standard InChI is InChI=1S/C12H17BrN2O/c1-9(5-15-11-2-3-11)8-16-12-4-10(13)6-14-7-12/h4,6-7,9,11,15H,2-3,5,8H2,1H3. The second-order valence-corrected chi connectivity index (χ2v) is 5.35. The average Bonchev–Trinajstić information content (AvgIpc) is 3.07. The van der Waals surface area contributed by atoms with Crippen molar-refractivity contribution in [1.82, 2.24) is 10.3 Å². The molecule has 1 aromatic heterocycles. The Morgan fingerprint density at radius 3 is 3.06 bits per heavy atom. The highest BCUT2D eigenvalue weighted by molar-refractivity contribution is 9.10. The molecule has 0 amide bonds. The molecule has 0 bridgehead atoms. The highest BCUT2D eigenvalue weighted by Crippen LogP contribution is 2.19. The van der Waals surface area contributed by atoms with E-state index in [9.17, 15) is 0 Å². The van der Waals surface area contributed by atoms with Crippen LogP contribution >= 0.6 is 15.9 Å². The first-order valence-electron chi connectivity index (χ1n) is 5.71. The van der Waals surface area contributed by atoms with Crippen LogP contribution in [0.4, 0.5) is 0 Å². The van der Waals surface area contributed by atoms with Gasteiger partial charge in [-0.15, -0.1) is 0 Å². The van der Waals surface area contributed by atoms with E-state index in [0.717, 1.165) is 29.4 Å². The lowest BCUT2D eigenvalue weighted by Crippen LogP contribution is -2.26. The zero-order valence-electron chi connectivity index (χ0n) is 9.45. The Morgan fingerprint density at radius 1 is 1.56 bits per heavy atom. The van der Waals surface area contributed by atoms with Crippen LogP contribution in [0, 0.1) is 5.92 Å². The number of aromatic nitrogens is 1. The van der Waals surface area contributed by atoms with Gasteiger partial charge in [0, 0.05) is 29.2 Å². The minimum atomic E-state index is 0.527. The minimum Gasteiger partial charge on any atom is -0.492 e. The minimum absolute atomic E-state index is 0.527. The second-order valence-electron chi connectivity index (χ2n) is 4.44. The van der Waals surface area contributed by atoms with Crippen LogP contribution in [-0.2, 0) is 0 Å². The van der Waals surface area contributed by atoms with E-state index in [1.165, 1.54) is 12.8 Å². The predicted octanol–water partition coefficient (Wildman–Crippen LogP) is 2.61. The molecular weight excluding hydrogens is 268 g/mol. The topological polar surface area (TPSA) is 34.1 Å². The van der Waals surface area contributed by atoms with Crippen LogP contribution in [0.5, 0.6) is 5.75 Å². The number of halogens is 1. The number of ether oxygens (including phenoxy) is 1. The van der Waals surface area contributed by atoms with Crippen molar-refractivity contribution in [3.63, 3.8) is 0 Å². The van der Waals surface area contributed by atoms with Crippen LogP contribution in [0.25, 0.3) is 0 Å². The van der Waals surface area contributed by atoms with Crippen LogP contribution in [0.2, 0.25) is 0 Å². The van der Waals surface area contributed by atoms with Crippen molar-refractivity contribution >= 4 is 15.9 Å². The summed E-state index contributed by atoms with van der Waals surface area (Å²) in [6.07, 6.45) is 6.17. The first kappa shape index (κ1) is 11.9. The van der Waals surface area contributed by atoms with Crippen molar-refractivity contribution in [2.75, 3.05) is 13.2 Å². The van der Waals surface area contributed by atoms with Crippen LogP contribution in [-0.4, -0.2) is 24.2 Å². The smallest absolute Gasteiger partial charge is 0.138 e. The molecule has 0 aliphatic heterocycles. The highest BCUT2D eigenvalue weighted by Gasteiger charge is 2.20. The van der Waals surface area contributed by atoms with E-state index >= 15 is 0 Å². The molecule has 1 atom stereocenters. The zero-order chi connectivity index (χ0) is 11.4. The molecule has 1 heterocycles. The maximum atomic E-state index is 5.67. The van der Waals surface area contributed by atoms with Gasteiger partial charge in [0.2, 0.25) is 0 Å². The third-order valence-electron chi connectivity index (χ3n) is 2.55. The molecule has 1 aromatic rings. The Kier molecular flexibility index (Phi) is 4.18. The summed E-state index contributed by atoms with van der Waals surface area (Å²) in [7, 11) is 0. The first-order valence-corrected chi connectivity index (χ1v) is 6.50. The molecular formula is C12H17BrN2O. The number of hydrogen-bond donors (Lipinski definition) is 1. The molecule has 1 unspecified atom stereocenters. The predicted molar refractivity (Wildman–Crippen MR) is 67.6 cm³/mol. The van der Waals surface area contributed by atoms with Gasteiger partial charge in [0.1, 0.15) is 5.75 Å². The van der Waals surface area contributed by atoms with Gasteiger partial charge in [0.25, 0.3) is 0 Å². The van der Waals surface area contributed by atoms with E-state index in [2.05, 4.69) is 33.2 Å². The molecule has 0 aromatic carbocycles. The second kappa shape index (κ2) is 5.64. The van der Waals surface area contributed by atoms with E-state index in [-0.39, 0.29) is 0 Å². The normalized spacial score (nSPS) is 17.1. The number of hydrogen-bond acceptors (Lipinski definition) is 3. The summed E-state index contributed by atoms with van der Waals surface area (Å²) in [4.78, 5) is 4.06. The van der Waals surface area contributed by atoms with E-state index in [1.807, 2.05) is 6.07 Å². The number of rotatable bonds is 6. The maximum Gasteiger partial charge on any atom is 0.138 e. The van der Waals surface area contributed by atoms with Gasteiger partial charge >= 0.3 is 0 Å². The van der Waals surface area contributed by atoms with Crippen molar-refractivity contribution < 1.29 is 4.74 Å². The fourth-order valence-electron chi connectivity index (χ4n) is 1.42. The van der Waals surface area contributed by atoms with Crippen molar-refractivity contribution in [2.24, 2.45) is 5.92 Å². The van der Waals surface area contributed by atoms with Gasteiger partial charge in [-0.2, -0.15) is 0 Å². The lowest BCUT2D eigenvalue weighted by molar-refractivity contribution is 0.254. The van der Waals surface area contributed by atoms with E-state index in [0.29, 0.717) is 5.92 Å². The molecule has 88 valence electrons. The largest absolute Gasteiger partial charge is 0.492 e. The van der Waals surface area contributed by atoms with Crippen LogP contribution in [0.3, 0.4) is 0 Å². The summed E-state index contributed by atoms with van der Waals surface area (Å²) in [5, 5.41) is 3.50. The molecule has 0 radical (unpaired) electrons. The maximum absolute atomic E-state index is 5.67. The SMILES string of the molecule is CC(CNC1CC1)COc1cncc(Br)c1. The molecule has 1 saturated carbocycles. The summed E-state index contributed by atoms with van der Waals surface area (Å²) < 4.78 is 6.62. The fraction of sp³-hybridized carbons (Fsp3) is 0.583. The summed E-state index contributed by atoms with van der Waals surface area (Å²) >= 11 is 3.37. The third-order valence-corrected chi connectivity index (χ3v) is 2.98. The third kappa shape index (κ3) is 4.10. The van der Waals surface area contributed by atoms with Gasteiger partial charge in [0.15, 0.2) is 0 Å². The Hall–Kier alpha value is -0.610. The van der Waals surface area contributed by atoms with E-state index in [4.69, 9.17) is 4.74 Å². The van der Waals surface area contributed by atoms with Crippen molar-refractivity contribution in [3.8, 4) is 5.75 Å². The van der Waals surface area contributed by atoms with Gasteiger partial charge in [-0.05, 0) is 34.8 Å².